The minimum atomic E-state index is -3.31. The summed E-state index contributed by atoms with van der Waals surface area (Å²) in [6.07, 6.45) is -0.0751. The van der Waals surface area contributed by atoms with E-state index in [-0.39, 0.29) is 18.1 Å². The van der Waals surface area contributed by atoms with Crippen molar-refractivity contribution < 1.29 is 17.9 Å². The maximum Gasteiger partial charge on any atom is 0.237 e. The van der Waals surface area contributed by atoms with E-state index >= 15 is 0 Å². The van der Waals surface area contributed by atoms with E-state index in [0.29, 0.717) is 13.1 Å². The molecule has 0 aromatic rings. The van der Waals surface area contributed by atoms with Crippen LogP contribution >= 0.6 is 0 Å². The molecular weight excluding hydrogens is 242 g/mol. The van der Waals surface area contributed by atoms with Crippen molar-refractivity contribution in [3.05, 3.63) is 0 Å². The number of hydrogen-bond acceptors (Lipinski definition) is 4. The Hall–Kier alpha value is -0.620. The van der Waals surface area contributed by atoms with E-state index < -0.39 is 20.8 Å². The van der Waals surface area contributed by atoms with Crippen LogP contribution in [0.15, 0.2) is 0 Å². The number of carbonyl (C=O) groups is 1. The van der Waals surface area contributed by atoms with Crippen LogP contribution < -0.4 is 0 Å². The summed E-state index contributed by atoms with van der Waals surface area (Å²) in [5.41, 5.74) is 0. The number of carbonyl (C=O) groups excluding carboxylic acids is 1. The second kappa shape index (κ2) is 5.35. The van der Waals surface area contributed by atoms with E-state index in [4.69, 9.17) is 4.74 Å². The molecule has 2 atom stereocenters. The predicted molar refractivity (Wildman–Crippen MR) is 65.5 cm³/mol. The van der Waals surface area contributed by atoms with Crippen molar-refractivity contribution in [2.24, 2.45) is 0 Å². The van der Waals surface area contributed by atoms with Gasteiger partial charge in [-0.15, -0.1) is 0 Å². The molecule has 0 spiro atoms. The molecule has 0 saturated carbocycles. The maximum absolute atomic E-state index is 11.9. The first-order valence-electron chi connectivity index (χ1n) is 5.87. The Morgan fingerprint density at radius 1 is 1.29 bits per heavy atom. The van der Waals surface area contributed by atoms with Gasteiger partial charge in [0.2, 0.25) is 5.91 Å². The summed E-state index contributed by atoms with van der Waals surface area (Å²) in [4.78, 5) is 13.5. The predicted octanol–water partition coefficient (Wildman–Crippen LogP) is 0.445. The van der Waals surface area contributed by atoms with Gasteiger partial charge in [-0.25, -0.2) is 8.42 Å². The molecular formula is C11H21NO4S. The van der Waals surface area contributed by atoms with E-state index in [0.717, 1.165) is 0 Å². The van der Waals surface area contributed by atoms with Crippen molar-refractivity contribution in [3.8, 4) is 0 Å². The molecule has 6 heteroatoms. The fourth-order valence-corrected chi connectivity index (χ4v) is 2.67. The van der Waals surface area contributed by atoms with Crippen LogP contribution in [-0.4, -0.2) is 55.5 Å². The molecule has 0 bridgehead atoms. The molecule has 100 valence electrons. The average molecular weight is 263 g/mol. The summed E-state index contributed by atoms with van der Waals surface area (Å²) >= 11 is 0. The number of hydrogen-bond donors (Lipinski definition) is 0. The quantitative estimate of drug-likeness (QED) is 0.741. The molecule has 1 aliphatic heterocycles. The van der Waals surface area contributed by atoms with Gasteiger partial charge in [-0.3, -0.25) is 4.79 Å². The van der Waals surface area contributed by atoms with Gasteiger partial charge in [0, 0.05) is 13.1 Å². The minimum Gasteiger partial charge on any atom is -0.372 e. The Labute approximate surface area is 103 Å². The summed E-state index contributed by atoms with van der Waals surface area (Å²) < 4.78 is 28.8. The number of sulfone groups is 1. The lowest BCUT2D eigenvalue weighted by atomic mass is 10.2. The number of rotatable bonds is 3. The summed E-state index contributed by atoms with van der Waals surface area (Å²) in [6.45, 7) is 7.88. The molecule has 5 nitrogen and oxygen atoms in total. The molecule has 1 rings (SSSR count). The van der Waals surface area contributed by atoms with E-state index in [9.17, 15) is 13.2 Å². The van der Waals surface area contributed by atoms with Crippen LogP contribution in [0.1, 0.15) is 27.7 Å². The fourth-order valence-electron chi connectivity index (χ4n) is 1.81. The smallest absolute Gasteiger partial charge is 0.237 e. The average Bonchev–Trinajstić information content (AvgIpc) is 2.15. The van der Waals surface area contributed by atoms with Crippen LogP contribution in [0, 0.1) is 0 Å². The highest BCUT2D eigenvalue weighted by molar-refractivity contribution is 7.92. The minimum absolute atomic E-state index is 0.0375. The SMILES string of the molecule is CC1CN(C(=O)CS(=O)(=O)C(C)C)CC(C)O1. The lowest BCUT2D eigenvalue weighted by molar-refractivity contribution is -0.140. The maximum atomic E-state index is 11.9. The zero-order valence-corrected chi connectivity index (χ0v) is 11.7. The van der Waals surface area contributed by atoms with Crippen LogP contribution in [0.2, 0.25) is 0 Å². The Balaban J connectivity index is 2.65. The Kier molecular flexibility index (Phi) is 4.55. The summed E-state index contributed by atoms with van der Waals surface area (Å²) in [6, 6.07) is 0. The van der Waals surface area contributed by atoms with Gasteiger partial charge in [0.05, 0.1) is 17.5 Å². The van der Waals surface area contributed by atoms with Crippen molar-refractivity contribution in [3.63, 3.8) is 0 Å². The van der Waals surface area contributed by atoms with Crippen molar-refractivity contribution in [1.82, 2.24) is 4.90 Å². The molecule has 1 saturated heterocycles. The zero-order chi connectivity index (χ0) is 13.2. The topological polar surface area (TPSA) is 63.7 Å². The lowest BCUT2D eigenvalue weighted by Crippen LogP contribution is -2.50. The zero-order valence-electron chi connectivity index (χ0n) is 10.8. The number of ether oxygens (including phenoxy) is 1. The van der Waals surface area contributed by atoms with Gasteiger partial charge in [0.1, 0.15) is 5.75 Å². The largest absolute Gasteiger partial charge is 0.372 e. The molecule has 17 heavy (non-hydrogen) atoms. The van der Waals surface area contributed by atoms with Crippen molar-refractivity contribution in [1.29, 1.82) is 0 Å². The molecule has 0 N–H and O–H groups in total. The number of nitrogens with zero attached hydrogens (tertiary/aromatic N) is 1. The first kappa shape index (κ1) is 14.4. The van der Waals surface area contributed by atoms with E-state index in [2.05, 4.69) is 0 Å². The van der Waals surface area contributed by atoms with Crippen LogP contribution in [0.5, 0.6) is 0 Å². The number of amides is 1. The third kappa shape index (κ3) is 3.96. The highest BCUT2D eigenvalue weighted by atomic mass is 32.2. The van der Waals surface area contributed by atoms with Crippen LogP contribution in [0.4, 0.5) is 0 Å². The molecule has 0 radical (unpaired) electrons. The Morgan fingerprint density at radius 3 is 2.18 bits per heavy atom. The van der Waals surface area contributed by atoms with Gasteiger partial charge in [0.15, 0.2) is 9.84 Å². The second-order valence-electron chi connectivity index (χ2n) is 4.91. The van der Waals surface area contributed by atoms with E-state index in [1.165, 1.54) is 0 Å². The molecule has 1 heterocycles. The molecule has 1 amide bonds. The normalized spacial score (nSPS) is 26.3. The van der Waals surface area contributed by atoms with E-state index in [1.54, 1.807) is 18.7 Å². The highest BCUT2D eigenvalue weighted by Gasteiger charge is 2.29. The first-order chi connectivity index (χ1) is 7.72. The van der Waals surface area contributed by atoms with Crippen LogP contribution in [0.25, 0.3) is 0 Å². The molecule has 1 fully saturated rings. The molecule has 2 unspecified atom stereocenters. The van der Waals surface area contributed by atoms with Crippen LogP contribution in [-0.2, 0) is 19.4 Å². The molecule has 0 aromatic heterocycles. The van der Waals surface area contributed by atoms with Crippen molar-refractivity contribution >= 4 is 15.7 Å². The van der Waals surface area contributed by atoms with E-state index in [1.807, 2.05) is 13.8 Å². The highest BCUT2D eigenvalue weighted by Crippen LogP contribution is 2.12. The first-order valence-corrected chi connectivity index (χ1v) is 7.58. The van der Waals surface area contributed by atoms with Gasteiger partial charge >= 0.3 is 0 Å². The van der Waals surface area contributed by atoms with Gasteiger partial charge in [0.25, 0.3) is 0 Å². The summed E-state index contributed by atoms with van der Waals surface area (Å²) in [5, 5.41) is -0.512. The second-order valence-corrected chi connectivity index (χ2v) is 7.47. The fraction of sp³-hybridized carbons (Fsp3) is 0.909. The third-order valence-corrected chi connectivity index (χ3v) is 4.90. The molecule has 0 aliphatic carbocycles. The Morgan fingerprint density at radius 2 is 1.76 bits per heavy atom. The third-order valence-electron chi connectivity index (χ3n) is 2.82. The van der Waals surface area contributed by atoms with Gasteiger partial charge < -0.3 is 9.64 Å². The van der Waals surface area contributed by atoms with Crippen LogP contribution in [0.3, 0.4) is 0 Å². The summed E-state index contributed by atoms with van der Waals surface area (Å²) in [7, 11) is -3.31. The van der Waals surface area contributed by atoms with Crippen molar-refractivity contribution in [2.75, 3.05) is 18.8 Å². The van der Waals surface area contributed by atoms with Gasteiger partial charge in [-0.05, 0) is 27.7 Å². The molecule has 0 aromatic carbocycles. The van der Waals surface area contributed by atoms with Crippen molar-refractivity contribution in [2.45, 2.75) is 45.2 Å². The standard InChI is InChI=1S/C11H21NO4S/c1-8(2)17(14,15)7-11(13)12-5-9(3)16-10(4)6-12/h8-10H,5-7H2,1-4H3. The lowest BCUT2D eigenvalue weighted by Gasteiger charge is -2.35. The monoisotopic (exact) mass is 263 g/mol. The van der Waals surface area contributed by atoms with Gasteiger partial charge in [-0.2, -0.15) is 0 Å². The van der Waals surface area contributed by atoms with Gasteiger partial charge in [-0.1, -0.05) is 0 Å². The number of morpholine rings is 1. The summed E-state index contributed by atoms with van der Waals surface area (Å²) in [5.74, 6) is -0.718. The molecule has 1 aliphatic rings. The Bertz CT molecular complexity index is 367.